The van der Waals surface area contributed by atoms with Crippen LogP contribution in [0.2, 0.25) is 0 Å². The molecule has 0 saturated carbocycles. The van der Waals surface area contributed by atoms with Crippen molar-refractivity contribution in [1.82, 2.24) is 4.31 Å². The Morgan fingerprint density at radius 1 is 1.48 bits per heavy atom. The summed E-state index contributed by atoms with van der Waals surface area (Å²) in [5.41, 5.74) is -0.234. The van der Waals surface area contributed by atoms with E-state index in [1.165, 1.54) is 39.0 Å². The molecule has 2 unspecified atom stereocenters. The molecule has 0 saturated heterocycles. The van der Waals surface area contributed by atoms with Gasteiger partial charge in [-0.15, -0.1) is 0 Å². The number of carbonyl (C=O) groups is 1. The van der Waals surface area contributed by atoms with E-state index >= 15 is 0 Å². The molecule has 8 heteroatoms. The molecular formula is C17H24FNO5S. The van der Waals surface area contributed by atoms with Crippen LogP contribution in [-0.4, -0.2) is 36.3 Å². The molecule has 1 aliphatic rings. The number of esters is 1. The summed E-state index contributed by atoms with van der Waals surface area (Å²) in [6, 6.07) is 3.33. The molecule has 0 aliphatic carbocycles. The molecule has 0 spiro atoms. The summed E-state index contributed by atoms with van der Waals surface area (Å²) in [5.74, 6) is -0.814. The first-order chi connectivity index (χ1) is 11.5. The number of sulfonamides is 1. The van der Waals surface area contributed by atoms with Crippen LogP contribution >= 0.6 is 0 Å². The Morgan fingerprint density at radius 3 is 2.68 bits per heavy atom. The van der Waals surface area contributed by atoms with Crippen molar-refractivity contribution in [2.24, 2.45) is 0 Å². The van der Waals surface area contributed by atoms with Crippen LogP contribution in [-0.2, 0) is 19.6 Å². The number of hydrogen-bond donors (Lipinski definition) is 0. The molecule has 1 aliphatic heterocycles. The number of benzene rings is 1. The monoisotopic (exact) mass is 373 g/mol. The van der Waals surface area contributed by atoms with Gasteiger partial charge in [0.2, 0.25) is 10.0 Å². The average molecular weight is 373 g/mol. The largest absolute Gasteiger partial charge is 0.487 e. The highest BCUT2D eigenvalue weighted by molar-refractivity contribution is 7.89. The fraction of sp³-hybridized carbons (Fsp3) is 0.588. The molecule has 0 aromatic heterocycles. The van der Waals surface area contributed by atoms with Crippen LogP contribution in [0.5, 0.6) is 5.75 Å². The fourth-order valence-corrected chi connectivity index (χ4v) is 4.50. The maximum Gasteiger partial charge on any atom is 0.304 e. The predicted octanol–water partition coefficient (Wildman–Crippen LogP) is 2.99. The smallest absolute Gasteiger partial charge is 0.304 e. The van der Waals surface area contributed by atoms with Crippen LogP contribution in [0.3, 0.4) is 0 Å². The normalized spacial score (nSPS) is 20.5. The molecular weight excluding hydrogens is 349 g/mol. The van der Waals surface area contributed by atoms with Crippen molar-refractivity contribution in [3.63, 3.8) is 0 Å². The third kappa shape index (κ3) is 4.30. The van der Waals surface area contributed by atoms with Crippen molar-refractivity contribution in [2.75, 3.05) is 5.75 Å². The Morgan fingerprint density at radius 2 is 2.12 bits per heavy atom. The summed E-state index contributed by atoms with van der Waals surface area (Å²) in [6.45, 7) is 7.89. The van der Waals surface area contributed by atoms with Gasteiger partial charge in [0.15, 0.2) is 6.23 Å². The van der Waals surface area contributed by atoms with Crippen molar-refractivity contribution >= 4 is 16.0 Å². The molecule has 1 heterocycles. The highest BCUT2D eigenvalue weighted by Gasteiger charge is 2.43. The van der Waals surface area contributed by atoms with Gasteiger partial charge in [0.1, 0.15) is 17.2 Å². The van der Waals surface area contributed by atoms with E-state index in [2.05, 4.69) is 0 Å². The summed E-state index contributed by atoms with van der Waals surface area (Å²) in [4.78, 5) is 11.4. The third-order valence-corrected chi connectivity index (χ3v) is 6.01. The summed E-state index contributed by atoms with van der Waals surface area (Å²) >= 11 is 0. The molecule has 2 rings (SSSR count). The van der Waals surface area contributed by atoms with Crippen molar-refractivity contribution in [1.29, 1.82) is 0 Å². The molecule has 25 heavy (non-hydrogen) atoms. The number of ether oxygens (including phenoxy) is 2. The van der Waals surface area contributed by atoms with E-state index < -0.39 is 39.7 Å². The van der Waals surface area contributed by atoms with E-state index in [1.807, 2.05) is 13.8 Å². The molecule has 0 bridgehead atoms. The zero-order valence-electron chi connectivity index (χ0n) is 15.1. The molecule has 0 amide bonds. The van der Waals surface area contributed by atoms with E-state index in [4.69, 9.17) is 9.47 Å². The van der Waals surface area contributed by atoms with Gasteiger partial charge < -0.3 is 9.47 Å². The first kappa shape index (κ1) is 19.7. The Bertz CT molecular complexity index is 762. The van der Waals surface area contributed by atoms with Gasteiger partial charge in [0, 0.05) is 18.9 Å². The lowest BCUT2D eigenvalue weighted by Crippen LogP contribution is -2.48. The lowest BCUT2D eigenvalue weighted by atomic mass is 9.89. The van der Waals surface area contributed by atoms with Gasteiger partial charge >= 0.3 is 5.97 Å². The van der Waals surface area contributed by atoms with Gasteiger partial charge in [0.25, 0.3) is 0 Å². The van der Waals surface area contributed by atoms with Crippen LogP contribution in [0.15, 0.2) is 18.2 Å². The van der Waals surface area contributed by atoms with Crippen molar-refractivity contribution < 1.29 is 27.1 Å². The van der Waals surface area contributed by atoms with Crippen molar-refractivity contribution in [3.05, 3.63) is 29.6 Å². The van der Waals surface area contributed by atoms with Gasteiger partial charge in [-0.1, -0.05) is 0 Å². The number of rotatable bonds is 5. The minimum atomic E-state index is -3.73. The van der Waals surface area contributed by atoms with E-state index in [9.17, 15) is 17.6 Å². The van der Waals surface area contributed by atoms with Gasteiger partial charge in [-0.25, -0.2) is 12.8 Å². The number of halogens is 1. The summed E-state index contributed by atoms with van der Waals surface area (Å²) in [7, 11) is -3.73. The summed E-state index contributed by atoms with van der Waals surface area (Å²) in [6.07, 6.45) is -0.716. The van der Waals surface area contributed by atoms with E-state index in [0.29, 0.717) is 17.7 Å². The Balaban J connectivity index is 2.60. The quantitative estimate of drug-likeness (QED) is 0.586. The molecule has 1 aromatic rings. The van der Waals surface area contributed by atoms with E-state index in [0.717, 1.165) is 4.31 Å². The Labute approximate surface area is 148 Å². The minimum absolute atomic E-state index is 0.166. The van der Waals surface area contributed by atoms with Crippen LogP contribution < -0.4 is 4.74 Å². The Hall–Kier alpha value is -1.67. The Kier molecular flexibility index (Phi) is 5.44. The van der Waals surface area contributed by atoms with Crippen LogP contribution in [0, 0.1) is 5.82 Å². The first-order valence-corrected chi connectivity index (χ1v) is 9.74. The van der Waals surface area contributed by atoms with Gasteiger partial charge in [-0.3, -0.25) is 4.79 Å². The number of hydrogen-bond acceptors (Lipinski definition) is 5. The van der Waals surface area contributed by atoms with Crippen LogP contribution in [0.1, 0.15) is 52.6 Å². The topological polar surface area (TPSA) is 72.9 Å². The molecule has 2 atom stereocenters. The van der Waals surface area contributed by atoms with Gasteiger partial charge in [-0.2, -0.15) is 4.31 Å². The van der Waals surface area contributed by atoms with Gasteiger partial charge in [-0.05, 0) is 45.9 Å². The van der Waals surface area contributed by atoms with Gasteiger partial charge in [0.05, 0.1) is 11.8 Å². The lowest BCUT2D eigenvalue weighted by molar-refractivity contribution is -0.152. The maximum atomic E-state index is 13.8. The molecule has 6 nitrogen and oxygen atoms in total. The fourth-order valence-electron chi connectivity index (χ4n) is 3.13. The summed E-state index contributed by atoms with van der Waals surface area (Å²) in [5, 5.41) is 0. The lowest BCUT2D eigenvalue weighted by Gasteiger charge is -2.43. The number of carbonyl (C=O) groups excluding carboxylic acids is 1. The first-order valence-electron chi connectivity index (χ1n) is 8.14. The van der Waals surface area contributed by atoms with E-state index in [1.54, 1.807) is 0 Å². The predicted molar refractivity (Wildman–Crippen MR) is 91.0 cm³/mol. The van der Waals surface area contributed by atoms with Crippen LogP contribution in [0.25, 0.3) is 0 Å². The second kappa shape index (κ2) is 6.92. The SMILES string of the molecule is CCS(=O)(=O)N(C(C)OC(C)=O)C1CC(C)(C)Oc2ccc(F)cc21. The van der Waals surface area contributed by atoms with Crippen molar-refractivity contribution in [2.45, 2.75) is 58.9 Å². The zero-order valence-corrected chi connectivity index (χ0v) is 15.9. The van der Waals surface area contributed by atoms with Crippen molar-refractivity contribution in [3.8, 4) is 5.75 Å². The second-order valence-corrected chi connectivity index (χ2v) is 8.87. The number of fused-ring (bicyclic) bond motifs is 1. The second-order valence-electron chi connectivity index (χ2n) is 6.70. The minimum Gasteiger partial charge on any atom is -0.487 e. The highest BCUT2D eigenvalue weighted by Crippen LogP contribution is 2.44. The molecule has 1 aromatic carbocycles. The standard InChI is InChI=1S/C17H24FNO5S/c1-6-25(21,22)19(11(2)23-12(3)20)15-10-17(4,5)24-16-8-7-13(18)9-14(15)16/h7-9,11,15H,6,10H2,1-5H3. The van der Waals surface area contributed by atoms with E-state index in [-0.39, 0.29) is 5.75 Å². The zero-order chi connectivity index (χ0) is 19.0. The average Bonchev–Trinajstić information content (AvgIpc) is 2.46. The molecule has 0 fully saturated rings. The molecule has 0 N–H and O–H groups in total. The van der Waals surface area contributed by atoms with Crippen LogP contribution in [0.4, 0.5) is 4.39 Å². The molecule has 0 radical (unpaired) electrons. The summed E-state index contributed by atoms with van der Waals surface area (Å²) < 4.78 is 51.4. The molecule has 140 valence electrons. The third-order valence-electron chi connectivity index (χ3n) is 4.09. The highest BCUT2D eigenvalue weighted by atomic mass is 32.2. The number of nitrogens with zero attached hydrogens (tertiary/aromatic N) is 1. The maximum absolute atomic E-state index is 13.8.